The maximum Gasteiger partial charge on any atom is 0.338 e. The summed E-state index contributed by atoms with van der Waals surface area (Å²) in [5, 5.41) is 37.4. The third kappa shape index (κ3) is 5.63. The number of carboxylic acid groups (broad SMARTS) is 1. The molecular weight excluding hydrogens is 304 g/mol. The van der Waals surface area contributed by atoms with Crippen LogP contribution in [0, 0.1) is 5.92 Å². The van der Waals surface area contributed by atoms with Crippen LogP contribution < -0.4 is 0 Å². The molecule has 4 unspecified atom stereocenters. The van der Waals surface area contributed by atoms with E-state index in [0.29, 0.717) is 0 Å². The molecule has 0 aromatic heterocycles. The molecule has 0 fully saturated rings. The van der Waals surface area contributed by atoms with Gasteiger partial charge in [-0.1, -0.05) is 6.92 Å². The molecule has 1 aromatic rings. The summed E-state index contributed by atoms with van der Waals surface area (Å²) in [4.78, 5) is 22.7. The quantitative estimate of drug-likeness (QED) is 0.517. The molecule has 4 atom stereocenters. The van der Waals surface area contributed by atoms with Gasteiger partial charge in [0.25, 0.3) is 0 Å². The molecule has 0 amide bonds. The number of benzene rings is 1. The van der Waals surface area contributed by atoms with E-state index in [4.69, 9.17) is 9.84 Å². The van der Waals surface area contributed by atoms with E-state index in [-0.39, 0.29) is 17.5 Å². The van der Waals surface area contributed by atoms with Crippen LogP contribution in [0.25, 0.3) is 0 Å². The molecule has 0 spiro atoms. The van der Waals surface area contributed by atoms with Gasteiger partial charge in [-0.25, -0.2) is 9.59 Å². The highest BCUT2D eigenvalue weighted by molar-refractivity contribution is 5.92. The molecule has 1 rings (SSSR count). The van der Waals surface area contributed by atoms with Gasteiger partial charge in [-0.05, 0) is 31.2 Å². The topological polar surface area (TPSA) is 124 Å². The standard InChI is InChI=1S/C16H22O7/c1-9(10(2)18)14(19)7-13(8-17)23-16(22)12-5-3-11(4-6-12)15(20)21/h3-6,9-10,13-14,17-19H,7-8H2,1-2H3,(H,20,21). The summed E-state index contributed by atoms with van der Waals surface area (Å²) >= 11 is 0. The largest absolute Gasteiger partial charge is 0.478 e. The normalized spacial score (nSPS) is 16.2. The Balaban J connectivity index is 2.67. The van der Waals surface area contributed by atoms with Crippen molar-refractivity contribution in [3.8, 4) is 0 Å². The average molecular weight is 326 g/mol. The van der Waals surface area contributed by atoms with Gasteiger partial charge in [0.15, 0.2) is 0 Å². The predicted molar refractivity (Wildman–Crippen MR) is 81.2 cm³/mol. The summed E-state index contributed by atoms with van der Waals surface area (Å²) in [5.74, 6) is -2.26. The lowest BCUT2D eigenvalue weighted by atomic mass is 9.95. The number of carbonyl (C=O) groups excluding carboxylic acids is 1. The third-order valence-electron chi connectivity index (χ3n) is 3.72. The van der Waals surface area contributed by atoms with Gasteiger partial charge in [0.2, 0.25) is 0 Å². The molecule has 128 valence electrons. The van der Waals surface area contributed by atoms with Gasteiger partial charge in [-0.3, -0.25) is 0 Å². The highest BCUT2D eigenvalue weighted by atomic mass is 16.6. The number of hydrogen-bond acceptors (Lipinski definition) is 6. The monoisotopic (exact) mass is 326 g/mol. The van der Waals surface area contributed by atoms with E-state index in [1.54, 1.807) is 6.92 Å². The predicted octanol–water partition coefficient (Wildman–Crippen LogP) is 0.670. The fraction of sp³-hybridized carbons (Fsp3) is 0.500. The van der Waals surface area contributed by atoms with Crippen molar-refractivity contribution >= 4 is 11.9 Å². The second kappa shape index (κ2) is 8.61. The smallest absolute Gasteiger partial charge is 0.338 e. The summed E-state index contributed by atoms with van der Waals surface area (Å²) in [5.41, 5.74) is 0.188. The molecule has 0 aliphatic carbocycles. The molecule has 1 aromatic carbocycles. The first-order valence-electron chi connectivity index (χ1n) is 7.27. The molecule has 4 N–H and O–H groups in total. The van der Waals surface area contributed by atoms with Crippen molar-refractivity contribution in [2.45, 2.75) is 38.6 Å². The van der Waals surface area contributed by atoms with Crippen LogP contribution in [0.15, 0.2) is 24.3 Å². The van der Waals surface area contributed by atoms with Crippen LogP contribution in [-0.2, 0) is 4.74 Å². The van der Waals surface area contributed by atoms with Crippen LogP contribution in [0.5, 0.6) is 0 Å². The van der Waals surface area contributed by atoms with Gasteiger partial charge in [-0.2, -0.15) is 0 Å². The molecular formula is C16H22O7. The Labute approximate surface area is 134 Å². The first-order valence-corrected chi connectivity index (χ1v) is 7.27. The minimum Gasteiger partial charge on any atom is -0.478 e. The lowest BCUT2D eigenvalue weighted by Gasteiger charge is -2.25. The number of aromatic carboxylic acids is 1. The van der Waals surface area contributed by atoms with E-state index in [9.17, 15) is 24.9 Å². The van der Waals surface area contributed by atoms with Crippen molar-refractivity contribution in [1.82, 2.24) is 0 Å². The first kappa shape index (κ1) is 19.1. The van der Waals surface area contributed by atoms with E-state index in [1.807, 2.05) is 0 Å². The summed E-state index contributed by atoms with van der Waals surface area (Å²) in [6.45, 7) is 2.72. The Morgan fingerprint density at radius 3 is 2.04 bits per heavy atom. The van der Waals surface area contributed by atoms with Gasteiger partial charge in [0.05, 0.1) is 29.9 Å². The number of esters is 1. The SMILES string of the molecule is CC(O)C(C)C(O)CC(CO)OC(=O)c1ccc(C(=O)O)cc1. The summed E-state index contributed by atoms with van der Waals surface area (Å²) in [6.07, 6.45) is -2.60. The van der Waals surface area contributed by atoms with Gasteiger partial charge >= 0.3 is 11.9 Å². The molecule has 7 nitrogen and oxygen atoms in total. The van der Waals surface area contributed by atoms with Crippen LogP contribution in [0.3, 0.4) is 0 Å². The zero-order chi connectivity index (χ0) is 17.6. The first-order chi connectivity index (χ1) is 10.8. The summed E-state index contributed by atoms with van der Waals surface area (Å²) < 4.78 is 5.11. The number of aliphatic hydroxyl groups excluding tert-OH is 3. The van der Waals surface area contributed by atoms with Crippen LogP contribution in [0.1, 0.15) is 41.0 Å². The van der Waals surface area contributed by atoms with E-state index < -0.39 is 42.8 Å². The fourth-order valence-corrected chi connectivity index (χ4v) is 1.93. The van der Waals surface area contributed by atoms with Crippen molar-refractivity contribution < 1.29 is 34.8 Å². The highest BCUT2D eigenvalue weighted by Crippen LogP contribution is 2.16. The second-order valence-electron chi connectivity index (χ2n) is 5.50. The Morgan fingerprint density at radius 2 is 1.61 bits per heavy atom. The molecule has 0 bridgehead atoms. The lowest BCUT2D eigenvalue weighted by Crippen LogP contribution is -2.34. The van der Waals surface area contributed by atoms with Gasteiger partial charge < -0.3 is 25.2 Å². The molecule has 0 aliphatic rings. The highest BCUT2D eigenvalue weighted by Gasteiger charge is 2.25. The fourth-order valence-electron chi connectivity index (χ4n) is 1.93. The molecule has 0 radical (unpaired) electrons. The van der Waals surface area contributed by atoms with Gasteiger partial charge in [-0.15, -0.1) is 0 Å². The van der Waals surface area contributed by atoms with Crippen molar-refractivity contribution in [3.63, 3.8) is 0 Å². The number of ether oxygens (including phenoxy) is 1. The number of carbonyl (C=O) groups is 2. The van der Waals surface area contributed by atoms with Gasteiger partial charge in [0, 0.05) is 12.3 Å². The summed E-state index contributed by atoms with van der Waals surface area (Å²) in [6, 6.07) is 5.18. The Kier molecular flexibility index (Phi) is 7.15. The summed E-state index contributed by atoms with van der Waals surface area (Å²) in [7, 11) is 0. The van der Waals surface area contributed by atoms with Crippen molar-refractivity contribution in [3.05, 3.63) is 35.4 Å². The van der Waals surface area contributed by atoms with E-state index in [0.717, 1.165) is 0 Å². The van der Waals surface area contributed by atoms with E-state index in [1.165, 1.54) is 31.2 Å². The van der Waals surface area contributed by atoms with Crippen molar-refractivity contribution in [2.75, 3.05) is 6.61 Å². The third-order valence-corrected chi connectivity index (χ3v) is 3.72. The van der Waals surface area contributed by atoms with Crippen LogP contribution in [0.2, 0.25) is 0 Å². The van der Waals surface area contributed by atoms with E-state index >= 15 is 0 Å². The zero-order valence-electron chi connectivity index (χ0n) is 13.0. The number of aliphatic hydroxyl groups is 3. The number of carboxylic acids is 1. The second-order valence-corrected chi connectivity index (χ2v) is 5.50. The molecule has 0 aliphatic heterocycles. The van der Waals surface area contributed by atoms with Gasteiger partial charge in [0.1, 0.15) is 6.10 Å². The van der Waals surface area contributed by atoms with Crippen LogP contribution in [0.4, 0.5) is 0 Å². The van der Waals surface area contributed by atoms with Crippen LogP contribution in [-0.4, -0.2) is 57.3 Å². The Hall–Kier alpha value is -1.96. The van der Waals surface area contributed by atoms with Crippen LogP contribution >= 0.6 is 0 Å². The minimum absolute atomic E-state index is 0.0124. The lowest BCUT2D eigenvalue weighted by molar-refractivity contribution is -0.0283. The van der Waals surface area contributed by atoms with E-state index in [2.05, 4.69) is 0 Å². The van der Waals surface area contributed by atoms with Crippen molar-refractivity contribution in [1.29, 1.82) is 0 Å². The molecule has 0 heterocycles. The molecule has 0 saturated carbocycles. The maximum atomic E-state index is 12.0. The zero-order valence-corrected chi connectivity index (χ0v) is 13.0. The molecule has 7 heteroatoms. The Morgan fingerprint density at radius 1 is 1.09 bits per heavy atom. The molecule has 0 saturated heterocycles. The number of hydrogen-bond donors (Lipinski definition) is 4. The average Bonchev–Trinajstić information content (AvgIpc) is 2.52. The Bertz CT molecular complexity index is 524. The minimum atomic E-state index is -1.10. The molecule has 23 heavy (non-hydrogen) atoms. The maximum absolute atomic E-state index is 12.0. The van der Waals surface area contributed by atoms with Crippen molar-refractivity contribution in [2.24, 2.45) is 5.92 Å². The number of rotatable bonds is 8.